The van der Waals surface area contributed by atoms with E-state index in [9.17, 15) is 14.4 Å². The monoisotopic (exact) mass is 369 g/mol. The van der Waals surface area contributed by atoms with Crippen molar-refractivity contribution in [2.75, 3.05) is 13.1 Å². The average Bonchev–Trinajstić information content (AvgIpc) is 3.28. The van der Waals surface area contributed by atoms with E-state index in [-0.39, 0.29) is 30.0 Å². The van der Waals surface area contributed by atoms with Crippen molar-refractivity contribution in [1.29, 1.82) is 0 Å². The van der Waals surface area contributed by atoms with Gasteiger partial charge in [-0.25, -0.2) is 0 Å². The van der Waals surface area contributed by atoms with E-state index in [1.807, 2.05) is 35.2 Å². The van der Waals surface area contributed by atoms with Gasteiger partial charge in [-0.2, -0.15) is 0 Å². The first-order chi connectivity index (χ1) is 13.0. The predicted octanol–water partition coefficient (Wildman–Crippen LogP) is 3.01. The zero-order valence-corrected chi connectivity index (χ0v) is 15.9. The molecule has 1 spiro atoms. The van der Waals surface area contributed by atoms with Crippen LogP contribution in [0.4, 0.5) is 0 Å². The summed E-state index contributed by atoms with van der Waals surface area (Å²) in [7, 11) is 0. The third-order valence-corrected chi connectivity index (χ3v) is 7.00. The molecule has 1 saturated carbocycles. The Labute approximate surface area is 160 Å². The van der Waals surface area contributed by atoms with Crippen LogP contribution in [-0.4, -0.2) is 41.3 Å². The normalized spacial score (nSPS) is 26.2. The van der Waals surface area contributed by atoms with Crippen LogP contribution < -0.4 is 0 Å². The van der Waals surface area contributed by atoms with Gasteiger partial charge in [0.25, 0.3) is 0 Å². The zero-order chi connectivity index (χ0) is 19.1. The number of piperidine rings is 1. The molecule has 3 fully saturated rings. The van der Waals surface area contributed by atoms with Gasteiger partial charge in [0.1, 0.15) is 11.4 Å². The molecule has 3 aliphatic rings. The van der Waals surface area contributed by atoms with Gasteiger partial charge in [0.05, 0.1) is 17.8 Å². The van der Waals surface area contributed by atoms with Gasteiger partial charge >= 0.3 is 5.97 Å². The number of carbonyl (C=O) groups excluding carboxylic acids is 3. The molecule has 0 N–H and O–H groups in total. The highest BCUT2D eigenvalue weighted by atomic mass is 16.6. The van der Waals surface area contributed by atoms with Gasteiger partial charge < -0.3 is 9.64 Å². The van der Waals surface area contributed by atoms with Gasteiger partial charge in [0, 0.05) is 13.1 Å². The minimum Gasteiger partial charge on any atom is -0.458 e. The van der Waals surface area contributed by atoms with E-state index in [1.165, 1.54) is 0 Å². The lowest BCUT2D eigenvalue weighted by atomic mass is 9.70. The second-order valence-electron chi connectivity index (χ2n) is 8.33. The Bertz CT molecular complexity index is 743. The number of likely N-dealkylation sites (tertiary alicyclic amines) is 1. The SMILES string of the molecule is CC(=O)C1(c2ccccc2)CCN(C(=O)[C@@H]2CC(=O)OC23CCCC3)CC1. The van der Waals surface area contributed by atoms with Crippen molar-refractivity contribution in [2.45, 2.75) is 62.9 Å². The predicted molar refractivity (Wildman–Crippen MR) is 100 cm³/mol. The van der Waals surface area contributed by atoms with Gasteiger partial charge in [0.2, 0.25) is 5.91 Å². The number of Topliss-reactive ketones (excluding diaryl/α,β-unsaturated/α-hetero) is 1. The summed E-state index contributed by atoms with van der Waals surface area (Å²) in [6.07, 6.45) is 5.08. The third-order valence-electron chi connectivity index (χ3n) is 7.00. The molecule has 5 nitrogen and oxygen atoms in total. The highest BCUT2D eigenvalue weighted by molar-refractivity contribution is 5.90. The van der Waals surface area contributed by atoms with Crippen molar-refractivity contribution in [1.82, 2.24) is 4.90 Å². The second-order valence-corrected chi connectivity index (χ2v) is 8.33. The van der Waals surface area contributed by atoms with E-state index in [2.05, 4.69) is 0 Å². The summed E-state index contributed by atoms with van der Waals surface area (Å²) >= 11 is 0. The number of hydrogen-bond donors (Lipinski definition) is 0. The number of hydrogen-bond acceptors (Lipinski definition) is 4. The molecule has 4 rings (SSSR count). The molecule has 144 valence electrons. The molecular weight excluding hydrogens is 342 g/mol. The second kappa shape index (κ2) is 6.77. The molecular formula is C22H27NO4. The molecule has 2 heterocycles. The van der Waals surface area contributed by atoms with Crippen molar-refractivity contribution >= 4 is 17.7 Å². The summed E-state index contributed by atoms with van der Waals surface area (Å²) in [4.78, 5) is 39.6. The van der Waals surface area contributed by atoms with Crippen LogP contribution in [0.3, 0.4) is 0 Å². The highest BCUT2D eigenvalue weighted by Gasteiger charge is 2.55. The lowest BCUT2D eigenvalue weighted by Gasteiger charge is -2.42. The number of benzene rings is 1. The third kappa shape index (κ3) is 2.97. The maximum atomic E-state index is 13.2. The summed E-state index contributed by atoms with van der Waals surface area (Å²) in [6, 6.07) is 9.89. The fourth-order valence-corrected chi connectivity index (χ4v) is 5.36. The Morgan fingerprint density at radius 2 is 1.67 bits per heavy atom. The van der Waals surface area contributed by atoms with E-state index in [0.29, 0.717) is 25.9 Å². The summed E-state index contributed by atoms with van der Waals surface area (Å²) in [5.41, 5.74) is -0.0374. The molecule has 5 heteroatoms. The quantitative estimate of drug-likeness (QED) is 0.769. The van der Waals surface area contributed by atoms with Gasteiger partial charge in [-0.3, -0.25) is 14.4 Å². The fourth-order valence-electron chi connectivity index (χ4n) is 5.36. The summed E-state index contributed by atoms with van der Waals surface area (Å²) < 4.78 is 5.64. The maximum absolute atomic E-state index is 13.2. The van der Waals surface area contributed by atoms with Crippen LogP contribution in [-0.2, 0) is 24.5 Å². The Hall–Kier alpha value is -2.17. The minimum atomic E-state index is -0.567. The van der Waals surface area contributed by atoms with Gasteiger partial charge in [-0.15, -0.1) is 0 Å². The lowest BCUT2D eigenvalue weighted by Crippen LogP contribution is -2.52. The van der Waals surface area contributed by atoms with Crippen molar-refractivity contribution < 1.29 is 19.1 Å². The van der Waals surface area contributed by atoms with Gasteiger partial charge in [-0.05, 0) is 51.0 Å². The molecule has 0 unspecified atom stereocenters. The number of nitrogens with zero attached hydrogens (tertiary/aromatic N) is 1. The van der Waals surface area contributed by atoms with E-state index in [4.69, 9.17) is 4.74 Å². The number of rotatable bonds is 3. The van der Waals surface area contributed by atoms with Crippen LogP contribution in [0.2, 0.25) is 0 Å². The molecule has 2 aliphatic heterocycles. The van der Waals surface area contributed by atoms with Crippen LogP contribution >= 0.6 is 0 Å². The highest BCUT2D eigenvalue weighted by Crippen LogP contribution is 2.47. The number of carbonyl (C=O) groups is 3. The van der Waals surface area contributed by atoms with Crippen LogP contribution in [0.5, 0.6) is 0 Å². The summed E-state index contributed by atoms with van der Waals surface area (Å²) in [5.74, 6) is -0.399. The summed E-state index contributed by atoms with van der Waals surface area (Å²) in [6.45, 7) is 2.75. The Kier molecular flexibility index (Phi) is 4.57. The van der Waals surface area contributed by atoms with Crippen molar-refractivity contribution in [3.63, 3.8) is 0 Å². The molecule has 1 aliphatic carbocycles. The Balaban J connectivity index is 1.51. The Morgan fingerprint density at radius 1 is 1.04 bits per heavy atom. The molecule has 2 saturated heterocycles. The Morgan fingerprint density at radius 3 is 2.26 bits per heavy atom. The van der Waals surface area contributed by atoms with Crippen LogP contribution in [0.1, 0.15) is 57.4 Å². The van der Waals surface area contributed by atoms with E-state index in [1.54, 1.807) is 6.92 Å². The zero-order valence-electron chi connectivity index (χ0n) is 15.9. The van der Waals surface area contributed by atoms with Crippen molar-refractivity contribution in [3.8, 4) is 0 Å². The molecule has 1 atom stereocenters. The van der Waals surface area contributed by atoms with Crippen LogP contribution in [0.15, 0.2) is 30.3 Å². The van der Waals surface area contributed by atoms with Crippen LogP contribution in [0, 0.1) is 5.92 Å². The average molecular weight is 369 g/mol. The van der Waals surface area contributed by atoms with Gasteiger partial charge in [-0.1, -0.05) is 30.3 Å². The number of esters is 1. The minimum absolute atomic E-state index is 0.0352. The molecule has 1 aromatic carbocycles. The van der Waals surface area contributed by atoms with Crippen molar-refractivity contribution in [3.05, 3.63) is 35.9 Å². The molecule has 0 bridgehead atoms. The maximum Gasteiger partial charge on any atom is 0.307 e. The number of ether oxygens (including phenoxy) is 1. The van der Waals surface area contributed by atoms with Crippen molar-refractivity contribution in [2.24, 2.45) is 5.92 Å². The molecule has 1 aromatic rings. The first kappa shape index (κ1) is 18.2. The standard InChI is InChI=1S/C22H27NO4/c1-16(24)21(17-7-3-2-4-8-17)11-13-23(14-12-21)20(26)18-15-19(25)27-22(18)9-5-6-10-22/h2-4,7-8,18H,5-6,9-15H2,1H3/t18-/m0/s1. The first-order valence-corrected chi connectivity index (χ1v) is 10.0. The lowest BCUT2D eigenvalue weighted by molar-refractivity contribution is -0.152. The molecule has 1 amide bonds. The smallest absolute Gasteiger partial charge is 0.307 e. The van der Waals surface area contributed by atoms with Crippen LogP contribution in [0.25, 0.3) is 0 Å². The van der Waals surface area contributed by atoms with E-state index >= 15 is 0 Å². The largest absolute Gasteiger partial charge is 0.458 e. The van der Waals surface area contributed by atoms with E-state index < -0.39 is 11.0 Å². The molecule has 27 heavy (non-hydrogen) atoms. The molecule has 0 aromatic heterocycles. The number of ketones is 1. The first-order valence-electron chi connectivity index (χ1n) is 10.0. The fraction of sp³-hybridized carbons (Fsp3) is 0.591. The van der Waals surface area contributed by atoms with Gasteiger partial charge in [0.15, 0.2) is 0 Å². The topological polar surface area (TPSA) is 63.7 Å². The summed E-state index contributed by atoms with van der Waals surface area (Å²) in [5, 5.41) is 0. The van der Waals surface area contributed by atoms with E-state index in [0.717, 1.165) is 31.2 Å². The molecule has 0 radical (unpaired) electrons. The number of amides is 1.